The fourth-order valence-electron chi connectivity index (χ4n) is 3.55. The lowest BCUT2D eigenvalue weighted by molar-refractivity contribution is 0.529. The van der Waals surface area contributed by atoms with Gasteiger partial charge in [0.15, 0.2) is 0 Å². The van der Waals surface area contributed by atoms with Crippen LogP contribution >= 0.6 is 0 Å². The van der Waals surface area contributed by atoms with E-state index in [1.807, 2.05) is 41.5 Å². The molecule has 0 saturated heterocycles. The molecule has 0 bridgehead atoms. The van der Waals surface area contributed by atoms with Crippen molar-refractivity contribution in [1.82, 2.24) is 0 Å². The minimum atomic E-state index is 0.665. The largest absolute Gasteiger partial charge is 0.106 e. The number of hydrogen-bond donors (Lipinski definition) is 0. The Morgan fingerprint density at radius 1 is 0.735 bits per heavy atom. The Labute approximate surface area is 218 Å². The second kappa shape index (κ2) is 36.0. The summed E-state index contributed by atoms with van der Waals surface area (Å²) < 4.78 is 0. The summed E-state index contributed by atoms with van der Waals surface area (Å²) in [6.45, 7) is 29.1. The first-order valence-corrected chi connectivity index (χ1v) is 14.6. The van der Waals surface area contributed by atoms with Gasteiger partial charge in [-0.3, -0.25) is 0 Å². The summed E-state index contributed by atoms with van der Waals surface area (Å²) in [4.78, 5) is 0. The highest BCUT2D eigenvalue weighted by Crippen LogP contribution is 2.17. The van der Waals surface area contributed by atoms with E-state index in [0.29, 0.717) is 5.92 Å². The molecule has 1 rings (SSSR count). The molecule has 0 aliphatic heterocycles. The number of benzene rings is 1. The Bertz CT molecular complexity index is 523. The van der Waals surface area contributed by atoms with Crippen LogP contribution in [0.4, 0.5) is 0 Å². The number of unbranched alkanes of at least 4 members (excludes halogenated alkanes) is 8. The number of rotatable bonds is 15. The third-order valence-corrected chi connectivity index (χ3v) is 5.34. The van der Waals surface area contributed by atoms with Gasteiger partial charge in [0.05, 0.1) is 0 Å². The first kappa shape index (κ1) is 39.6. The summed E-state index contributed by atoms with van der Waals surface area (Å²) >= 11 is 0. The van der Waals surface area contributed by atoms with Crippen molar-refractivity contribution < 1.29 is 0 Å². The van der Waals surface area contributed by atoms with Crippen molar-refractivity contribution >= 4 is 0 Å². The van der Waals surface area contributed by atoms with E-state index >= 15 is 0 Å². The van der Waals surface area contributed by atoms with E-state index in [0.717, 1.165) is 12.8 Å². The first-order chi connectivity index (χ1) is 16.7. The van der Waals surface area contributed by atoms with Gasteiger partial charge < -0.3 is 0 Å². The Hall–Kier alpha value is -1.56. The topological polar surface area (TPSA) is 0 Å². The molecule has 0 aliphatic carbocycles. The van der Waals surface area contributed by atoms with Gasteiger partial charge in [-0.05, 0) is 36.3 Å². The molecule has 1 atom stereocenters. The van der Waals surface area contributed by atoms with E-state index in [1.54, 1.807) is 0 Å². The van der Waals surface area contributed by atoms with Gasteiger partial charge in [0.2, 0.25) is 0 Å². The SMILES string of the molecule is C=C.C=C(/C=C\C(C)CCCCCCCCCCC)Cc1ccccc1CC.CC.CC.CC. The zero-order valence-corrected chi connectivity index (χ0v) is 25.1. The highest BCUT2D eigenvalue weighted by atomic mass is 14.1. The molecular weight excluding hydrogens is 408 g/mol. The highest BCUT2D eigenvalue weighted by molar-refractivity contribution is 5.33. The summed E-state index contributed by atoms with van der Waals surface area (Å²) in [7, 11) is 0. The average molecular weight is 473 g/mol. The second-order valence-electron chi connectivity index (χ2n) is 7.91. The van der Waals surface area contributed by atoms with E-state index < -0.39 is 0 Å². The van der Waals surface area contributed by atoms with Crippen molar-refractivity contribution in [3.8, 4) is 0 Å². The molecule has 34 heavy (non-hydrogen) atoms. The van der Waals surface area contributed by atoms with Gasteiger partial charge in [-0.2, -0.15) is 0 Å². The Morgan fingerprint density at radius 2 is 1.18 bits per heavy atom. The predicted molar refractivity (Wildman–Crippen MR) is 164 cm³/mol. The second-order valence-corrected chi connectivity index (χ2v) is 7.91. The molecule has 0 radical (unpaired) electrons. The van der Waals surface area contributed by atoms with Crippen molar-refractivity contribution in [1.29, 1.82) is 0 Å². The van der Waals surface area contributed by atoms with Gasteiger partial charge in [0.25, 0.3) is 0 Å². The van der Waals surface area contributed by atoms with Gasteiger partial charge in [0.1, 0.15) is 0 Å². The van der Waals surface area contributed by atoms with Crippen molar-refractivity contribution in [3.05, 3.63) is 72.9 Å². The maximum atomic E-state index is 4.26. The third kappa shape index (κ3) is 26.7. The standard InChI is InChI=1S/C26H42.3C2H6.C2H4/c1-5-7-8-9-10-11-12-13-14-17-23(3)20-21-24(4)22-26-19-16-15-18-25(26)6-2;4*1-2/h15-16,18-21,23H,4-14,17,22H2,1-3H3;3*1-2H3;1-2H2/b21-20-;;;;. The molecule has 200 valence electrons. The maximum absolute atomic E-state index is 4.26. The average Bonchev–Trinajstić information content (AvgIpc) is 2.91. The Morgan fingerprint density at radius 3 is 1.65 bits per heavy atom. The van der Waals surface area contributed by atoms with Crippen LogP contribution in [-0.4, -0.2) is 0 Å². The van der Waals surface area contributed by atoms with Crippen LogP contribution in [0.25, 0.3) is 0 Å². The minimum absolute atomic E-state index is 0.665. The Balaban J connectivity index is -0.000000506. The van der Waals surface area contributed by atoms with Crippen molar-refractivity contribution in [2.24, 2.45) is 5.92 Å². The zero-order valence-electron chi connectivity index (χ0n) is 25.1. The normalized spacial score (nSPS) is 10.3. The smallest absolute Gasteiger partial charge is 0.00290 e. The summed E-state index contributed by atoms with van der Waals surface area (Å²) in [6.07, 6.45) is 20.7. The van der Waals surface area contributed by atoms with Gasteiger partial charge in [-0.15, -0.1) is 13.2 Å². The monoisotopic (exact) mass is 473 g/mol. The maximum Gasteiger partial charge on any atom is -0.00290 e. The van der Waals surface area contributed by atoms with E-state index in [9.17, 15) is 0 Å². The molecule has 0 nitrogen and oxygen atoms in total. The van der Waals surface area contributed by atoms with Crippen LogP contribution in [0.3, 0.4) is 0 Å². The van der Waals surface area contributed by atoms with Crippen molar-refractivity contribution in [3.63, 3.8) is 0 Å². The quantitative estimate of drug-likeness (QED) is 0.135. The summed E-state index contributed by atoms with van der Waals surface area (Å²) in [5, 5.41) is 0. The van der Waals surface area contributed by atoms with Crippen molar-refractivity contribution in [2.75, 3.05) is 0 Å². The van der Waals surface area contributed by atoms with Crippen LogP contribution < -0.4 is 0 Å². The van der Waals surface area contributed by atoms with Crippen LogP contribution in [0.1, 0.15) is 138 Å². The summed E-state index contributed by atoms with van der Waals surface area (Å²) in [5.41, 5.74) is 4.10. The molecule has 0 aromatic heterocycles. The first-order valence-electron chi connectivity index (χ1n) is 14.6. The van der Waals surface area contributed by atoms with Crippen LogP contribution in [0.2, 0.25) is 0 Å². The summed E-state index contributed by atoms with van der Waals surface area (Å²) in [5.74, 6) is 0.665. The van der Waals surface area contributed by atoms with E-state index in [4.69, 9.17) is 0 Å². The molecule has 0 spiro atoms. The van der Waals surface area contributed by atoms with Gasteiger partial charge in [-0.25, -0.2) is 0 Å². The molecule has 0 N–H and O–H groups in total. The van der Waals surface area contributed by atoms with Gasteiger partial charge in [-0.1, -0.05) is 169 Å². The molecule has 0 fully saturated rings. The van der Waals surface area contributed by atoms with Crippen LogP contribution in [0.15, 0.2) is 61.7 Å². The lowest BCUT2D eigenvalue weighted by atomic mass is 9.97. The molecule has 0 heteroatoms. The lowest BCUT2D eigenvalue weighted by Crippen LogP contribution is -1.95. The number of allylic oxidation sites excluding steroid dienone is 3. The van der Waals surface area contributed by atoms with E-state index in [1.165, 1.54) is 80.9 Å². The van der Waals surface area contributed by atoms with Crippen LogP contribution in [0.5, 0.6) is 0 Å². The fourth-order valence-corrected chi connectivity index (χ4v) is 3.55. The molecule has 1 aromatic carbocycles. The molecule has 0 amide bonds. The summed E-state index contributed by atoms with van der Waals surface area (Å²) in [6, 6.07) is 8.74. The highest BCUT2D eigenvalue weighted by Gasteiger charge is 2.02. The van der Waals surface area contributed by atoms with E-state index in [2.05, 4.69) is 76.9 Å². The minimum Gasteiger partial charge on any atom is -0.106 e. The molecule has 1 aromatic rings. The van der Waals surface area contributed by atoms with Crippen molar-refractivity contribution in [2.45, 2.75) is 139 Å². The molecular formula is C34H64. The Kier molecular flexibility index (Phi) is 42.0. The van der Waals surface area contributed by atoms with Gasteiger partial charge >= 0.3 is 0 Å². The third-order valence-electron chi connectivity index (χ3n) is 5.34. The fraction of sp³-hybridized carbons (Fsp3) is 0.647. The molecule has 0 heterocycles. The molecule has 0 aliphatic rings. The van der Waals surface area contributed by atoms with Crippen LogP contribution in [0, 0.1) is 5.92 Å². The van der Waals surface area contributed by atoms with Crippen LogP contribution in [-0.2, 0) is 12.8 Å². The number of aryl methyl sites for hydroxylation is 1. The van der Waals surface area contributed by atoms with Gasteiger partial charge in [0, 0.05) is 0 Å². The lowest BCUT2D eigenvalue weighted by Gasteiger charge is -2.09. The van der Waals surface area contributed by atoms with E-state index in [-0.39, 0.29) is 0 Å². The number of hydrogen-bond acceptors (Lipinski definition) is 0. The molecule has 1 unspecified atom stereocenters. The zero-order chi connectivity index (χ0) is 27.0. The molecule has 0 saturated carbocycles. The predicted octanol–water partition coefficient (Wildman–Crippen LogP) is 12.3.